The number of carbonyl (C=O) groups is 1. The third kappa shape index (κ3) is 7.03. The highest BCUT2D eigenvalue weighted by Crippen LogP contribution is 2.47. The third-order valence-corrected chi connectivity index (χ3v) is 7.92. The number of aromatic nitrogens is 3. The van der Waals surface area contributed by atoms with E-state index in [1.165, 1.54) is 17.4 Å². The molecule has 1 atom stereocenters. The van der Waals surface area contributed by atoms with Gasteiger partial charge in [0.25, 0.3) is 0 Å². The van der Waals surface area contributed by atoms with Crippen LogP contribution in [0, 0.1) is 11.6 Å². The summed E-state index contributed by atoms with van der Waals surface area (Å²) in [4.78, 5) is 19.0. The van der Waals surface area contributed by atoms with E-state index < -0.39 is 17.7 Å². The van der Waals surface area contributed by atoms with E-state index in [4.69, 9.17) is 14.5 Å². The van der Waals surface area contributed by atoms with Crippen LogP contribution in [0.5, 0.6) is 11.5 Å². The smallest absolute Gasteiger partial charge is 0.243 e. The van der Waals surface area contributed by atoms with E-state index in [0.717, 1.165) is 29.6 Å². The zero-order chi connectivity index (χ0) is 32.1. The molecule has 0 aliphatic carbocycles. The molecule has 3 heterocycles. The molecule has 0 bridgehead atoms. The van der Waals surface area contributed by atoms with Crippen LogP contribution < -0.4 is 14.8 Å². The molecule has 1 amide bonds. The molecule has 0 spiro atoms. The van der Waals surface area contributed by atoms with Crippen molar-refractivity contribution in [3.8, 4) is 45.3 Å². The summed E-state index contributed by atoms with van der Waals surface area (Å²) in [6, 6.07) is 12.6. The maximum atomic E-state index is 15.8. The molecule has 5 aromatic rings. The maximum absolute atomic E-state index is 15.8. The quantitative estimate of drug-likeness (QED) is 0.137. The van der Waals surface area contributed by atoms with Crippen LogP contribution in [0.4, 0.5) is 8.78 Å². The number of aliphatic hydroxyl groups excluding tert-OH is 1. The van der Waals surface area contributed by atoms with Crippen molar-refractivity contribution in [1.82, 2.24) is 25.4 Å². The van der Waals surface area contributed by atoms with Crippen LogP contribution in [-0.4, -0.2) is 71.6 Å². The van der Waals surface area contributed by atoms with Crippen molar-refractivity contribution in [1.29, 1.82) is 0 Å². The normalized spacial score (nSPS) is 12.0. The number of aliphatic hydroxyl groups is 1. The van der Waals surface area contributed by atoms with Gasteiger partial charge in [0.05, 0.1) is 29.6 Å². The second kappa shape index (κ2) is 14.0. The number of hydrogen-bond acceptors (Lipinski definition) is 8. The number of benzene rings is 2. The molecule has 9 nitrogen and oxygen atoms in total. The Kier molecular flexibility index (Phi) is 9.87. The molecule has 1 unspecified atom stereocenters. The fourth-order valence-corrected chi connectivity index (χ4v) is 5.78. The number of H-pyrrole nitrogens is 1. The number of nitrogens with one attached hydrogen (secondary N) is 2. The molecule has 234 valence electrons. The van der Waals surface area contributed by atoms with E-state index >= 15 is 4.39 Å². The molecule has 0 fully saturated rings. The Balaban J connectivity index is 1.73. The molecule has 2 aromatic carbocycles. The van der Waals surface area contributed by atoms with Crippen LogP contribution in [0.2, 0.25) is 0 Å². The Morgan fingerprint density at radius 2 is 1.96 bits per heavy atom. The zero-order valence-electron chi connectivity index (χ0n) is 25.1. The lowest BCUT2D eigenvalue weighted by Gasteiger charge is -2.17. The van der Waals surface area contributed by atoms with Gasteiger partial charge >= 0.3 is 0 Å². The second-order valence-corrected chi connectivity index (χ2v) is 11.4. The minimum atomic E-state index is -0.855. The number of carbonyl (C=O) groups excluding carboxylic acids is 1. The summed E-state index contributed by atoms with van der Waals surface area (Å²) in [7, 11) is 3.94. The maximum Gasteiger partial charge on any atom is 0.243 e. The molecular weight excluding hydrogens is 600 g/mol. The van der Waals surface area contributed by atoms with Crippen molar-refractivity contribution in [3.63, 3.8) is 0 Å². The van der Waals surface area contributed by atoms with Crippen molar-refractivity contribution in [2.24, 2.45) is 0 Å². The Bertz CT molecular complexity index is 1840. The summed E-state index contributed by atoms with van der Waals surface area (Å²) in [6.07, 6.45) is 1.17. The topological polar surface area (TPSA) is 113 Å². The number of thiophene rings is 1. The van der Waals surface area contributed by atoms with Gasteiger partial charge in [0.15, 0.2) is 0 Å². The number of ether oxygens (including phenoxy) is 2. The summed E-state index contributed by atoms with van der Waals surface area (Å²) in [6.45, 7) is 6.00. The van der Waals surface area contributed by atoms with Crippen molar-refractivity contribution >= 4 is 27.3 Å². The highest BCUT2D eigenvalue weighted by Gasteiger charge is 2.27. The number of aromatic amines is 1. The van der Waals surface area contributed by atoms with Gasteiger partial charge in [0, 0.05) is 39.9 Å². The second-order valence-electron chi connectivity index (χ2n) is 10.5. The Morgan fingerprint density at radius 3 is 2.71 bits per heavy atom. The average molecular weight is 634 g/mol. The van der Waals surface area contributed by atoms with E-state index in [0.29, 0.717) is 45.4 Å². The number of amides is 1. The molecule has 3 aromatic heterocycles. The lowest BCUT2D eigenvalue weighted by atomic mass is 9.96. The van der Waals surface area contributed by atoms with Crippen LogP contribution in [0.15, 0.2) is 66.6 Å². The van der Waals surface area contributed by atoms with Gasteiger partial charge in [-0.3, -0.25) is 9.89 Å². The summed E-state index contributed by atoms with van der Waals surface area (Å²) in [5, 5.41) is 22.3. The first kappa shape index (κ1) is 31.8. The Labute approximate surface area is 263 Å². The summed E-state index contributed by atoms with van der Waals surface area (Å²) >= 11 is 1.37. The molecule has 0 saturated carbocycles. The summed E-state index contributed by atoms with van der Waals surface area (Å²) < 4.78 is 42.6. The van der Waals surface area contributed by atoms with Gasteiger partial charge < -0.3 is 24.8 Å². The predicted octanol–water partition coefficient (Wildman–Crippen LogP) is 5.97. The van der Waals surface area contributed by atoms with E-state index in [2.05, 4.69) is 22.1 Å². The van der Waals surface area contributed by atoms with Gasteiger partial charge in [-0.15, -0.1) is 11.3 Å². The van der Waals surface area contributed by atoms with Crippen LogP contribution >= 0.6 is 11.3 Å². The van der Waals surface area contributed by atoms with Crippen molar-refractivity contribution in [3.05, 3.63) is 83.9 Å². The van der Waals surface area contributed by atoms with Gasteiger partial charge in [-0.05, 0) is 56.7 Å². The fourth-order valence-electron chi connectivity index (χ4n) is 4.83. The first-order valence-corrected chi connectivity index (χ1v) is 15.1. The minimum absolute atomic E-state index is 0.00956. The summed E-state index contributed by atoms with van der Waals surface area (Å²) in [5.74, 6) is -1.44. The number of halogens is 2. The Hall–Kier alpha value is -4.65. The largest absolute Gasteiger partial charge is 0.492 e. The van der Waals surface area contributed by atoms with Gasteiger partial charge in [0.2, 0.25) is 5.91 Å². The number of likely N-dealkylation sites (N-methyl/N-ethyl adjacent to an activating group) is 1. The van der Waals surface area contributed by atoms with Crippen molar-refractivity contribution < 1.29 is 28.2 Å². The third-order valence-electron chi connectivity index (χ3n) is 6.99. The number of nitrogens with zero attached hydrogens (tertiary/aromatic N) is 3. The number of rotatable bonds is 13. The highest BCUT2D eigenvalue weighted by molar-refractivity contribution is 7.18. The lowest BCUT2D eigenvalue weighted by Crippen LogP contribution is -2.24. The van der Waals surface area contributed by atoms with Crippen LogP contribution in [0.1, 0.15) is 18.7 Å². The zero-order valence-corrected chi connectivity index (χ0v) is 25.9. The fraction of sp³-hybridized carbons (Fsp3) is 0.242. The molecule has 0 aliphatic heterocycles. The first-order valence-electron chi connectivity index (χ1n) is 14.2. The molecule has 0 saturated heterocycles. The molecule has 3 N–H and O–H groups in total. The van der Waals surface area contributed by atoms with Crippen LogP contribution in [0.3, 0.4) is 0 Å². The number of pyridine rings is 1. The number of fused-ring (bicyclic) bond motifs is 1. The van der Waals surface area contributed by atoms with E-state index in [1.807, 2.05) is 54.7 Å². The standard InChI is InChI=1S/C33H33F2N5O4S/c1-5-28(42)36-19(2)25-18-26(39-38-25)32-30(29-24(35)16-21(34)17-27(29)44-13-11-41)33-23(9-14-45-33)31(37-32)20-7-6-8-22(15-20)43-12-10-40(3)4/h5-9,14-19,41H,1,10-13H2,2-4H3,(H,36,42)(H,38,39). The van der Waals surface area contributed by atoms with Gasteiger partial charge in [-0.1, -0.05) is 18.7 Å². The summed E-state index contributed by atoms with van der Waals surface area (Å²) in [5.41, 5.74) is 2.98. The van der Waals surface area contributed by atoms with Gasteiger partial charge in [-0.2, -0.15) is 5.10 Å². The van der Waals surface area contributed by atoms with Crippen molar-refractivity contribution in [2.75, 3.05) is 40.5 Å². The average Bonchev–Trinajstić information content (AvgIpc) is 3.70. The monoisotopic (exact) mass is 633 g/mol. The highest BCUT2D eigenvalue weighted by atomic mass is 32.1. The molecule has 5 rings (SSSR count). The SMILES string of the molecule is C=CC(=O)NC(C)c1cc(-c2nc(-c3cccc(OCCN(C)C)c3)c3ccsc3c2-c2c(F)cc(F)cc2OCCO)n[nH]1. The van der Waals surface area contributed by atoms with Gasteiger partial charge in [0.1, 0.15) is 47.7 Å². The molecule has 45 heavy (non-hydrogen) atoms. The molecule has 12 heteroatoms. The first-order chi connectivity index (χ1) is 21.7. The number of hydrogen-bond donors (Lipinski definition) is 3. The van der Waals surface area contributed by atoms with E-state index in [9.17, 15) is 14.3 Å². The molecule has 0 aliphatic rings. The van der Waals surface area contributed by atoms with E-state index in [-0.39, 0.29) is 30.4 Å². The van der Waals surface area contributed by atoms with Gasteiger partial charge in [-0.25, -0.2) is 13.8 Å². The molecular formula is C33H33F2N5O4S. The Morgan fingerprint density at radius 1 is 1.13 bits per heavy atom. The van der Waals surface area contributed by atoms with E-state index in [1.54, 1.807) is 13.0 Å². The van der Waals surface area contributed by atoms with Crippen molar-refractivity contribution in [2.45, 2.75) is 13.0 Å². The lowest BCUT2D eigenvalue weighted by molar-refractivity contribution is -0.117. The van der Waals surface area contributed by atoms with Crippen LogP contribution in [0.25, 0.3) is 43.9 Å². The van der Waals surface area contributed by atoms with Crippen LogP contribution in [-0.2, 0) is 4.79 Å². The molecule has 0 radical (unpaired) electrons. The predicted molar refractivity (Wildman–Crippen MR) is 171 cm³/mol. The minimum Gasteiger partial charge on any atom is -0.492 e.